The van der Waals surface area contributed by atoms with Crippen LogP contribution in [-0.2, 0) is 17.8 Å². The average molecular weight is 407 g/mol. The molecule has 0 radical (unpaired) electrons. The van der Waals surface area contributed by atoms with Crippen molar-refractivity contribution in [1.82, 2.24) is 19.3 Å². The standard InChI is InChI=1S/C22H25N5O3/c1-5-6-19-12-21(30)26(22(24-19)27-15(3)11-14(2)25-27)13-20(29)23-18-9-7-17(8-10-18)16(4)28/h7-12H,5-6,13H2,1-4H3,(H,23,29). The minimum absolute atomic E-state index is 0.0489. The van der Waals surface area contributed by atoms with E-state index < -0.39 is 0 Å². The Morgan fingerprint density at radius 2 is 1.80 bits per heavy atom. The predicted molar refractivity (Wildman–Crippen MR) is 114 cm³/mol. The van der Waals surface area contributed by atoms with Crippen LogP contribution in [0.2, 0.25) is 0 Å². The third kappa shape index (κ3) is 4.71. The van der Waals surface area contributed by atoms with E-state index in [2.05, 4.69) is 15.4 Å². The molecule has 0 aliphatic carbocycles. The van der Waals surface area contributed by atoms with Crippen molar-refractivity contribution in [2.45, 2.75) is 47.1 Å². The molecule has 2 aromatic heterocycles. The molecule has 0 atom stereocenters. The number of benzene rings is 1. The van der Waals surface area contributed by atoms with Crippen molar-refractivity contribution in [3.05, 3.63) is 69.4 Å². The van der Waals surface area contributed by atoms with Crippen LogP contribution in [0.4, 0.5) is 5.69 Å². The van der Waals surface area contributed by atoms with Crippen molar-refractivity contribution >= 4 is 17.4 Å². The number of nitrogens with one attached hydrogen (secondary N) is 1. The van der Waals surface area contributed by atoms with Gasteiger partial charge in [0, 0.05) is 28.7 Å². The maximum absolute atomic E-state index is 12.8. The van der Waals surface area contributed by atoms with Crippen LogP contribution in [0.25, 0.3) is 5.95 Å². The summed E-state index contributed by atoms with van der Waals surface area (Å²) >= 11 is 0. The third-order valence-corrected chi connectivity index (χ3v) is 4.62. The van der Waals surface area contributed by atoms with Crippen molar-refractivity contribution in [3.63, 3.8) is 0 Å². The number of aryl methyl sites for hydroxylation is 3. The van der Waals surface area contributed by atoms with Crippen molar-refractivity contribution in [2.75, 3.05) is 5.32 Å². The molecule has 2 heterocycles. The number of rotatable bonds is 7. The maximum atomic E-state index is 12.8. The molecule has 0 fully saturated rings. The van der Waals surface area contributed by atoms with Crippen LogP contribution in [0.3, 0.4) is 0 Å². The van der Waals surface area contributed by atoms with E-state index in [1.807, 2.05) is 26.8 Å². The van der Waals surface area contributed by atoms with Gasteiger partial charge in [0.2, 0.25) is 11.9 Å². The lowest BCUT2D eigenvalue weighted by Crippen LogP contribution is -2.32. The highest BCUT2D eigenvalue weighted by Gasteiger charge is 2.16. The third-order valence-electron chi connectivity index (χ3n) is 4.62. The molecule has 156 valence electrons. The summed E-state index contributed by atoms with van der Waals surface area (Å²) in [5.74, 6) is -0.105. The molecular formula is C22H25N5O3. The fourth-order valence-electron chi connectivity index (χ4n) is 3.20. The van der Waals surface area contributed by atoms with Crippen LogP contribution in [0.1, 0.15) is 47.7 Å². The van der Waals surface area contributed by atoms with Gasteiger partial charge >= 0.3 is 0 Å². The molecule has 3 aromatic rings. The fraction of sp³-hybridized carbons (Fsp3) is 0.318. The second-order valence-corrected chi connectivity index (χ2v) is 7.24. The van der Waals surface area contributed by atoms with E-state index in [1.54, 1.807) is 28.9 Å². The van der Waals surface area contributed by atoms with Crippen LogP contribution >= 0.6 is 0 Å². The van der Waals surface area contributed by atoms with Gasteiger partial charge in [-0.25, -0.2) is 9.67 Å². The Morgan fingerprint density at radius 3 is 2.37 bits per heavy atom. The van der Waals surface area contributed by atoms with Crippen LogP contribution in [0, 0.1) is 13.8 Å². The summed E-state index contributed by atoms with van der Waals surface area (Å²) in [6.45, 7) is 7.02. The smallest absolute Gasteiger partial charge is 0.255 e. The number of hydrogen-bond donors (Lipinski definition) is 1. The van der Waals surface area contributed by atoms with Gasteiger partial charge in [0.1, 0.15) is 6.54 Å². The number of aromatic nitrogens is 4. The molecule has 0 saturated heterocycles. The van der Waals surface area contributed by atoms with Gasteiger partial charge in [0.15, 0.2) is 5.78 Å². The number of Topliss-reactive ketones (excluding diaryl/α,β-unsaturated/α-hetero) is 1. The molecule has 30 heavy (non-hydrogen) atoms. The molecule has 3 rings (SSSR count). The maximum Gasteiger partial charge on any atom is 0.255 e. The number of nitrogens with zero attached hydrogens (tertiary/aromatic N) is 4. The zero-order valence-corrected chi connectivity index (χ0v) is 17.6. The quantitative estimate of drug-likeness (QED) is 0.607. The van der Waals surface area contributed by atoms with Crippen molar-refractivity contribution in [3.8, 4) is 5.95 Å². The molecule has 0 saturated carbocycles. The lowest BCUT2D eigenvalue weighted by molar-refractivity contribution is -0.116. The first kappa shape index (κ1) is 21.2. The monoisotopic (exact) mass is 407 g/mol. The Balaban J connectivity index is 1.92. The first-order chi connectivity index (χ1) is 14.3. The number of amides is 1. The molecule has 8 nitrogen and oxygen atoms in total. The summed E-state index contributed by atoms with van der Waals surface area (Å²) < 4.78 is 2.91. The first-order valence-electron chi connectivity index (χ1n) is 9.83. The van der Waals surface area contributed by atoms with E-state index in [9.17, 15) is 14.4 Å². The van der Waals surface area contributed by atoms with Crippen LogP contribution in [0.15, 0.2) is 41.2 Å². The average Bonchev–Trinajstić information content (AvgIpc) is 3.02. The molecule has 0 bridgehead atoms. The minimum atomic E-state index is -0.375. The van der Waals surface area contributed by atoms with Gasteiger partial charge in [-0.05, 0) is 57.5 Å². The van der Waals surface area contributed by atoms with Gasteiger partial charge in [0.05, 0.1) is 5.69 Å². The predicted octanol–water partition coefficient (Wildman–Crippen LogP) is 2.84. The van der Waals surface area contributed by atoms with Gasteiger partial charge in [-0.15, -0.1) is 0 Å². The zero-order chi connectivity index (χ0) is 21.8. The van der Waals surface area contributed by atoms with E-state index in [4.69, 9.17) is 0 Å². The van der Waals surface area contributed by atoms with E-state index in [1.165, 1.54) is 17.6 Å². The van der Waals surface area contributed by atoms with E-state index in [-0.39, 0.29) is 23.8 Å². The Kier molecular flexibility index (Phi) is 6.25. The minimum Gasteiger partial charge on any atom is -0.325 e. The van der Waals surface area contributed by atoms with Crippen LogP contribution in [0.5, 0.6) is 0 Å². The highest BCUT2D eigenvalue weighted by molar-refractivity contribution is 5.95. The Hall–Kier alpha value is -3.55. The van der Waals surface area contributed by atoms with Crippen molar-refractivity contribution < 1.29 is 9.59 Å². The lowest BCUT2D eigenvalue weighted by atomic mass is 10.1. The molecule has 0 unspecified atom stereocenters. The van der Waals surface area contributed by atoms with Crippen molar-refractivity contribution in [1.29, 1.82) is 0 Å². The Bertz CT molecular complexity index is 1140. The number of carbonyl (C=O) groups excluding carboxylic acids is 2. The Labute approximate surface area is 174 Å². The topological polar surface area (TPSA) is 98.9 Å². The molecule has 1 aromatic carbocycles. The van der Waals surface area contributed by atoms with E-state index in [0.29, 0.717) is 29.3 Å². The van der Waals surface area contributed by atoms with Gasteiger partial charge in [-0.2, -0.15) is 5.10 Å². The number of ketones is 1. The van der Waals surface area contributed by atoms with Gasteiger partial charge in [0.25, 0.3) is 5.56 Å². The summed E-state index contributed by atoms with van der Waals surface area (Å²) in [6.07, 6.45) is 1.51. The summed E-state index contributed by atoms with van der Waals surface area (Å²) in [4.78, 5) is 41.4. The van der Waals surface area contributed by atoms with Crippen LogP contribution < -0.4 is 10.9 Å². The SMILES string of the molecule is CCCc1cc(=O)n(CC(=O)Nc2ccc(C(C)=O)cc2)c(-n2nc(C)cc2C)n1. The molecular weight excluding hydrogens is 382 g/mol. The van der Waals surface area contributed by atoms with E-state index in [0.717, 1.165) is 17.8 Å². The molecule has 1 N–H and O–H groups in total. The molecule has 0 aliphatic rings. The van der Waals surface area contributed by atoms with Crippen LogP contribution in [-0.4, -0.2) is 31.0 Å². The Morgan fingerprint density at radius 1 is 1.10 bits per heavy atom. The number of hydrogen-bond acceptors (Lipinski definition) is 5. The largest absolute Gasteiger partial charge is 0.325 e. The van der Waals surface area contributed by atoms with Gasteiger partial charge in [-0.3, -0.25) is 19.0 Å². The first-order valence-corrected chi connectivity index (χ1v) is 9.83. The van der Waals surface area contributed by atoms with Gasteiger partial charge in [-0.1, -0.05) is 13.3 Å². The summed E-state index contributed by atoms with van der Waals surface area (Å²) in [5.41, 5.74) is 3.08. The fourth-order valence-corrected chi connectivity index (χ4v) is 3.20. The van der Waals surface area contributed by atoms with E-state index >= 15 is 0 Å². The second-order valence-electron chi connectivity index (χ2n) is 7.24. The molecule has 1 amide bonds. The van der Waals surface area contributed by atoms with Crippen molar-refractivity contribution in [2.24, 2.45) is 0 Å². The molecule has 0 spiro atoms. The number of carbonyl (C=O) groups is 2. The number of anilines is 1. The molecule has 0 aliphatic heterocycles. The normalized spacial score (nSPS) is 10.8. The zero-order valence-electron chi connectivity index (χ0n) is 17.6. The highest BCUT2D eigenvalue weighted by Crippen LogP contribution is 2.12. The highest BCUT2D eigenvalue weighted by atomic mass is 16.2. The summed E-state index contributed by atoms with van der Waals surface area (Å²) in [6, 6.07) is 9.95. The summed E-state index contributed by atoms with van der Waals surface area (Å²) in [5, 5.41) is 7.19. The summed E-state index contributed by atoms with van der Waals surface area (Å²) in [7, 11) is 0. The molecule has 8 heteroatoms. The van der Waals surface area contributed by atoms with Gasteiger partial charge < -0.3 is 5.32 Å². The lowest BCUT2D eigenvalue weighted by Gasteiger charge is -2.14. The second kappa shape index (κ2) is 8.86.